The molecule has 0 aromatic carbocycles. The largest absolute Gasteiger partial charge is 0.464 e. The quantitative estimate of drug-likeness (QED) is 0.377. The number of rotatable bonds is 14. The molecule has 1 aromatic heterocycles. The van der Waals surface area contributed by atoms with Gasteiger partial charge < -0.3 is 19.7 Å². The van der Waals surface area contributed by atoms with Crippen molar-refractivity contribution in [3.63, 3.8) is 0 Å². The van der Waals surface area contributed by atoms with Gasteiger partial charge in [0.15, 0.2) is 11.8 Å². The minimum atomic E-state index is -1.34. The Labute approximate surface area is 161 Å². The van der Waals surface area contributed by atoms with Crippen molar-refractivity contribution in [2.45, 2.75) is 90.7 Å². The number of aromatic nitrogens is 1. The molecule has 2 N–H and O–H groups in total. The number of aliphatic hydroxyl groups excluding tert-OH is 1. The summed E-state index contributed by atoms with van der Waals surface area (Å²) in [5.41, 5.74) is 0.737. The van der Waals surface area contributed by atoms with Crippen LogP contribution in [-0.2, 0) is 20.7 Å². The fourth-order valence-corrected chi connectivity index (χ4v) is 2.91. The maximum atomic E-state index is 12.0. The van der Waals surface area contributed by atoms with Gasteiger partial charge in [-0.3, -0.25) is 4.79 Å². The van der Waals surface area contributed by atoms with Crippen LogP contribution < -0.4 is 5.32 Å². The molecule has 0 fully saturated rings. The van der Waals surface area contributed by atoms with Crippen molar-refractivity contribution in [1.82, 2.24) is 10.5 Å². The molecule has 1 amide bonds. The van der Waals surface area contributed by atoms with Crippen molar-refractivity contribution in [1.29, 1.82) is 0 Å². The molecule has 0 aliphatic rings. The average Bonchev–Trinajstić information content (AvgIpc) is 3.10. The molecule has 0 bridgehead atoms. The lowest BCUT2D eigenvalue weighted by molar-refractivity contribution is -0.151. The first-order valence-corrected chi connectivity index (χ1v) is 10.1. The normalized spacial score (nSPS) is 13.2. The number of amides is 1. The van der Waals surface area contributed by atoms with Crippen LogP contribution in [0.2, 0.25) is 0 Å². The molecule has 0 aliphatic carbocycles. The van der Waals surface area contributed by atoms with Crippen molar-refractivity contribution in [2.75, 3.05) is 6.61 Å². The molecule has 27 heavy (non-hydrogen) atoms. The second-order valence-electron chi connectivity index (χ2n) is 6.82. The number of unbranched alkanes of at least 4 members (excludes halogenated alkanes) is 7. The standard InChI is InChI=1S/C20H34N2O5/c1-4-6-7-8-9-10-11-12-13-16-14-17(27-22-16)19(24)18(21-15(3)23)20(25)26-5-2/h14,18-19,24H,4-13H2,1-3H3,(H,21,23). The van der Waals surface area contributed by atoms with E-state index in [4.69, 9.17) is 9.26 Å². The van der Waals surface area contributed by atoms with E-state index < -0.39 is 24.0 Å². The van der Waals surface area contributed by atoms with Gasteiger partial charge in [0.1, 0.15) is 6.10 Å². The summed E-state index contributed by atoms with van der Waals surface area (Å²) in [4.78, 5) is 23.3. The molecule has 0 spiro atoms. The molecule has 0 radical (unpaired) electrons. The lowest BCUT2D eigenvalue weighted by Gasteiger charge is -2.19. The second-order valence-corrected chi connectivity index (χ2v) is 6.82. The molecule has 0 saturated heterocycles. The van der Waals surface area contributed by atoms with Crippen molar-refractivity contribution < 1.29 is 24.0 Å². The van der Waals surface area contributed by atoms with Gasteiger partial charge in [-0.25, -0.2) is 4.79 Å². The highest BCUT2D eigenvalue weighted by atomic mass is 16.5. The lowest BCUT2D eigenvalue weighted by Crippen LogP contribution is -2.45. The number of aryl methyl sites for hydroxylation is 1. The van der Waals surface area contributed by atoms with Gasteiger partial charge in [-0.2, -0.15) is 0 Å². The number of esters is 1. The molecule has 7 heteroatoms. The van der Waals surface area contributed by atoms with E-state index in [0.717, 1.165) is 25.0 Å². The van der Waals surface area contributed by atoms with Gasteiger partial charge in [0.2, 0.25) is 5.91 Å². The maximum absolute atomic E-state index is 12.0. The number of carbonyl (C=O) groups excluding carboxylic acids is 2. The van der Waals surface area contributed by atoms with Crippen LogP contribution in [0.5, 0.6) is 0 Å². The molecular formula is C20H34N2O5. The second kappa shape index (κ2) is 13.3. The summed E-state index contributed by atoms with van der Waals surface area (Å²) in [7, 11) is 0. The number of nitrogens with zero attached hydrogens (tertiary/aromatic N) is 1. The third kappa shape index (κ3) is 9.04. The smallest absolute Gasteiger partial charge is 0.331 e. The van der Waals surface area contributed by atoms with Gasteiger partial charge >= 0.3 is 5.97 Å². The van der Waals surface area contributed by atoms with Gasteiger partial charge in [0.05, 0.1) is 12.3 Å². The monoisotopic (exact) mass is 382 g/mol. The predicted octanol–water partition coefficient (Wildman–Crippen LogP) is 3.46. The Morgan fingerprint density at radius 2 is 1.78 bits per heavy atom. The highest BCUT2D eigenvalue weighted by Gasteiger charge is 2.32. The maximum Gasteiger partial charge on any atom is 0.331 e. The molecular weight excluding hydrogens is 348 g/mol. The predicted molar refractivity (Wildman–Crippen MR) is 102 cm³/mol. The van der Waals surface area contributed by atoms with Gasteiger partial charge in [-0.15, -0.1) is 0 Å². The zero-order valence-corrected chi connectivity index (χ0v) is 16.8. The van der Waals surface area contributed by atoms with Crippen LogP contribution >= 0.6 is 0 Å². The van der Waals surface area contributed by atoms with Crippen LogP contribution in [0.15, 0.2) is 10.6 Å². The summed E-state index contributed by atoms with van der Waals surface area (Å²) in [5.74, 6) is -0.997. The first-order valence-electron chi connectivity index (χ1n) is 10.1. The fourth-order valence-electron chi connectivity index (χ4n) is 2.91. The number of hydrogen-bond acceptors (Lipinski definition) is 6. The summed E-state index contributed by atoms with van der Waals surface area (Å²) in [6.07, 6.45) is 9.23. The minimum Gasteiger partial charge on any atom is -0.464 e. The van der Waals surface area contributed by atoms with Crippen molar-refractivity contribution in [2.24, 2.45) is 0 Å². The molecule has 7 nitrogen and oxygen atoms in total. The average molecular weight is 383 g/mol. The number of ether oxygens (including phenoxy) is 1. The Morgan fingerprint density at radius 1 is 1.15 bits per heavy atom. The number of carbonyl (C=O) groups is 2. The summed E-state index contributed by atoms with van der Waals surface area (Å²) in [6, 6.07) is 0.423. The van der Waals surface area contributed by atoms with E-state index in [1.807, 2.05) is 0 Å². The molecule has 1 aromatic rings. The third-order valence-corrected chi connectivity index (χ3v) is 4.37. The van der Waals surface area contributed by atoms with E-state index in [9.17, 15) is 14.7 Å². The fraction of sp³-hybridized carbons (Fsp3) is 0.750. The molecule has 2 unspecified atom stereocenters. The Morgan fingerprint density at radius 3 is 2.37 bits per heavy atom. The van der Waals surface area contributed by atoms with E-state index >= 15 is 0 Å². The van der Waals surface area contributed by atoms with Crippen LogP contribution in [0.25, 0.3) is 0 Å². The first kappa shape index (κ1) is 23.1. The molecule has 0 aliphatic heterocycles. The minimum absolute atomic E-state index is 0.149. The Balaban J connectivity index is 2.46. The Kier molecular flexibility index (Phi) is 11.4. The van der Waals surface area contributed by atoms with E-state index in [1.54, 1.807) is 13.0 Å². The molecule has 1 heterocycles. The van der Waals surface area contributed by atoms with E-state index in [0.29, 0.717) is 0 Å². The van der Waals surface area contributed by atoms with Crippen LogP contribution in [0.4, 0.5) is 0 Å². The number of hydrogen-bond donors (Lipinski definition) is 2. The van der Waals surface area contributed by atoms with Crippen molar-refractivity contribution in [3.8, 4) is 0 Å². The van der Waals surface area contributed by atoms with E-state index in [1.165, 1.54) is 45.4 Å². The third-order valence-electron chi connectivity index (χ3n) is 4.37. The summed E-state index contributed by atoms with van der Waals surface area (Å²) < 4.78 is 10.1. The zero-order valence-electron chi connectivity index (χ0n) is 16.8. The van der Waals surface area contributed by atoms with Crippen molar-refractivity contribution in [3.05, 3.63) is 17.5 Å². The number of nitrogens with one attached hydrogen (secondary N) is 1. The van der Waals surface area contributed by atoms with Gasteiger partial charge in [0.25, 0.3) is 0 Å². The highest BCUT2D eigenvalue weighted by molar-refractivity contribution is 5.83. The van der Waals surface area contributed by atoms with Gasteiger partial charge in [-0.1, -0.05) is 57.0 Å². The van der Waals surface area contributed by atoms with Crippen LogP contribution in [-0.4, -0.2) is 34.8 Å². The van der Waals surface area contributed by atoms with Gasteiger partial charge in [-0.05, 0) is 19.8 Å². The van der Waals surface area contributed by atoms with Gasteiger partial charge in [0, 0.05) is 13.0 Å². The topological polar surface area (TPSA) is 102 Å². The first-order chi connectivity index (χ1) is 13.0. The van der Waals surface area contributed by atoms with Crippen LogP contribution in [0, 0.1) is 0 Å². The Hall–Kier alpha value is -1.89. The molecule has 1 rings (SSSR count). The summed E-state index contributed by atoms with van der Waals surface area (Å²) in [5, 5.41) is 16.8. The lowest BCUT2D eigenvalue weighted by atomic mass is 10.1. The molecule has 154 valence electrons. The van der Waals surface area contributed by atoms with E-state index in [-0.39, 0.29) is 12.4 Å². The summed E-state index contributed by atoms with van der Waals surface area (Å²) >= 11 is 0. The van der Waals surface area contributed by atoms with Crippen molar-refractivity contribution >= 4 is 11.9 Å². The zero-order chi connectivity index (χ0) is 20.1. The highest BCUT2D eigenvalue weighted by Crippen LogP contribution is 2.20. The molecule has 2 atom stereocenters. The molecule has 0 saturated carbocycles. The SMILES string of the molecule is CCCCCCCCCCc1cc(C(O)C(NC(C)=O)C(=O)OCC)on1. The van der Waals surface area contributed by atoms with Crippen LogP contribution in [0.1, 0.15) is 89.7 Å². The summed E-state index contributed by atoms with van der Waals surface area (Å²) in [6.45, 7) is 5.30. The Bertz CT molecular complexity index is 558. The number of aliphatic hydroxyl groups is 1. The van der Waals surface area contributed by atoms with Crippen LogP contribution in [0.3, 0.4) is 0 Å². The van der Waals surface area contributed by atoms with E-state index in [2.05, 4.69) is 17.4 Å².